The van der Waals surface area contributed by atoms with Gasteiger partial charge in [0.25, 0.3) is 0 Å². The predicted molar refractivity (Wildman–Crippen MR) is 105 cm³/mol. The van der Waals surface area contributed by atoms with E-state index in [9.17, 15) is 14.4 Å². The van der Waals surface area contributed by atoms with E-state index in [-0.39, 0.29) is 16.8 Å². The first-order chi connectivity index (χ1) is 13.1. The SMILES string of the molecule is O=C1Nc2ccc(Cl)nc2C1C(=O)c1cccs1.O=CNc1ccccc1. The molecular weight excluding hydrogens is 386 g/mol. The van der Waals surface area contributed by atoms with Gasteiger partial charge in [-0.3, -0.25) is 14.4 Å². The number of halogens is 1. The Kier molecular flexibility index (Phi) is 5.95. The maximum absolute atomic E-state index is 12.3. The molecule has 0 saturated carbocycles. The van der Waals surface area contributed by atoms with Gasteiger partial charge < -0.3 is 10.6 Å². The first kappa shape index (κ1) is 18.8. The zero-order valence-electron chi connectivity index (χ0n) is 13.9. The van der Waals surface area contributed by atoms with Crippen molar-refractivity contribution in [3.05, 3.63) is 75.7 Å². The van der Waals surface area contributed by atoms with Crippen molar-refractivity contribution in [3.63, 3.8) is 0 Å². The van der Waals surface area contributed by atoms with Crippen molar-refractivity contribution in [1.29, 1.82) is 0 Å². The van der Waals surface area contributed by atoms with Crippen molar-refractivity contribution in [2.45, 2.75) is 5.92 Å². The number of hydrogen-bond acceptors (Lipinski definition) is 5. The molecule has 2 amide bonds. The summed E-state index contributed by atoms with van der Waals surface area (Å²) in [5, 5.41) is 7.24. The van der Waals surface area contributed by atoms with Crippen LogP contribution in [0.2, 0.25) is 5.15 Å². The highest BCUT2D eigenvalue weighted by atomic mass is 35.5. The molecule has 0 radical (unpaired) electrons. The Bertz CT molecular complexity index is 962. The topological polar surface area (TPSA) is 88.2 Å². The smallest absolute Gasteiger partial charge is 0.241 e. The van der Waals surface area contributed by atoms with Crippen LogP contribution in [-0.4, -0.2) is 23.1 Å². The van der Waals surface area contributed by atoms with E-state index >= 15 is 0 Å². The highest BCUT2D eigenvalue weighted by molar-refractivity contribution is 7.12. The average molecular weight is 400 g/mol. The van der Waals surface area contributed by atoms with E-state index in [1.165, 1.54) is 11.3 Å². The minimum atomic E-state index is -0.891. The van der Waals surface area contributed by atoms with Gasteiger partial charge in [0.2, 0.25) is 12.3 Å². The fourth-order valence-corrected chi connectivity index (χ4v) is 3.36. The minimum Gasteiger partial charge on any atom is -0.329 e. The van der Waals surface area contributed by atoms with Gasteiger partial charge in [-0.15, -0.1) is 11.3 Å². The van der Waals surface area contributed by atoms with E-state index in [2.05, 4.69) is 15.6 Å². The number of pyridine rings is 1. The lowest BCUT2D eigenvalue weighted by Gasteiger charge is -2.05. The van der Waals surface area contributed by atoms with Crippen LogP contribution in [0.1, 0.15) is 21.3 Å². The molecule has 2 N–H and O–H groups in total. The molecule has 1 aromatic carbocycles. The summed E-state index contributed by atoms with van der Waals surface area (Å²) in [5.74, 6) is -1.48. The van der Waals surface area contributed by atoms with Crippen LogP contribution in [0.5, 0.6) is 0 Å². The standard InChI is InChI=1S/C12H7ClN2O2S.C7H7NO/c13-8-4-3-6-10(15-8)9(12(17)14-6)11(16)7-2-1-5-18-7;9-6-8-7-4-2-1-3-5-7/h1-5,9H,(H,14,17);1-6H,(H,8,9). The Hall–Kier alpha value is -3.03. The van der Waals surface area contributed by atoms with Crippen molar-refractivity contribution in [2.75, 3.05) is 10.6 Å². The second kappa shape index (κ2) is 8.57. The number of fused-ring (bicyclic) bond motifs is 1. The number of Topliss-reactive ketones (excluding diaryl/α,β-unsaturated/α-hetero) is 1. The molecule has 4 rings (SSSR count). The number of hydrogen-bond donors (Lipinski definition) is 2. The Balaban J connectivity index is 0.000000197. The lowest BCUT2D eigenvalue weighted by molar-refractivity contribution is -0.116. The summed E-state index contributed by atoms with van der Waals surface area (Å²) in [5.41, 5.74) is 1.79. The number of carbonyl (C=O) groups is 3. The van der Waals surface area contributed by atoms with Crippen molar-refractivity contribution in [1.82, 2.24) is 4.98 Å². The number of carbonyl (C=O) groups excluding carboxylic acids is 3. The zero-order valence-corrected chi connectivity index (χ0v) is 15.5. The van der Waals surface area contributed by atoms with E-state index < -0.39 is 5.92 Å². The molecule has 0 fully saturated rings. The third-order valence-electron chi connectivity index (χ3n) is 3.71. The van der Waals surface area contributed by atoms with Gasteiger partial charge in [-0.05, 0) is 35.7 Å². The summed E-state index contributed by atoms with van der Waals surface area (Å²) >= 11 is 7.12. The molecule has 8 heteroatoms. The second-order valence-electron chi connectivity index (χ2n) is 5.46. The van der Waals surface area contributed by atoms with Crippen molar-refractivity contribution < 1.29 is 14.4 Å². The van der Waals surface area contributed by atoms with Crippen LogP contribution in [0, 0.1) is 0 Å². The summed E-state index contributed by atoms with van der Waals surface area (Å²) in [7, 11) is 0. The Morgan fingerprint density at radius 2 is 1.93 bits per heavy atom. The number of benzene rings is 1. The molecule has 0 spiro atoms. The van der Waals surface area contributed by atoms with Gasteiger partial charge in [0, 0.05) is 5.69 Å². The van der Waals surface area contributed by atoms with E-state index in [4.69, 9.17) is 11.6 Å². The van der Waals surface area contributed by atoms with E-state index in [1.54, 1.807) is 29.6 Å². The van der Waals surface area contributed by atoms with E-state index in [1.807, 2.05) is 30.3 Å². The molecule has 0 aliphatic carbocycles. The molecule has 0 saturated heterocycles. The van der Waals surface area contributed by atoms with Gasteiger partial charge in [0.1, 0.15) is 11.1 Å². The molecule has 1 unspecified atom stereocenters. The molecule has 2 aromatic heterocycles. The minimum absolute atomic E-state index is 0.240. The normalized spacial score (nSPS) is 14.4. The molecule has 1 aliphatic heterocycles. The molecule has 0 bridgehead atoms. The number of para-hydroxylation sites is 1. The fraction of sp³-hybridized carbons (Fsp3) is 0.0526. The largest absolute Gasteiger partial charge is 0.329 e. The quantitative estimate of drug-likeness (QED) is 0.301. The van der Waals surface area contributed by atoms with Crippen molar-refractivity contribution in [2.24, 2.45) is 0 Å². The summed E-state index contributed by atoms with van der Waals surface area (Å²) in [6.45, 7) is 0. The third-order valence-corrected chi connectivity index (χ3v) is 4.80. The second-order valence-corrected chi connectivity index (χ2v) is 6.79. The highest BCUT2D eigenvalue weighted by Gasteiger charge is 2.38. The molecule has 136 valence electrons. The van der Waals surface area contributed by atoms with Crippen LogP contribution < -0.4 is 10.6 Å². The number of aromatic nitrogens is 1. The fourth-order valence-electron chi connectivity index (χ4n) is 2.51. The van der Waals surface area contributed by atoms with Crippen LogP contribution >= 0.6 is 22.9 Å². The number of ketones is 1. The average Bonchev–Trinajstić information content (AvgIpc) is 3.30. The molecule has 1 atom stereocenters. The number of rotatable bonds is 4. The molecule has 3 heterocycles. The van der Waals surface area contributed by atoms with Crippen LogP contribution in [0.4, 0.5) is 11.4 Å². The molecule has 6 nitrogen and oxygen atoms in total. The third kappa shape index (κ3) is 4.39. The molecular formula is C19H14ClN3O3S. The first-order valence-electron chi connectivity index (χ1n) is 7.90. The van der Waals surface area contributed by atoms with Gasteiger partial charge in [0.05, 0.1) is 16.3 Å². The monoisotopic (exact) mass is 399 g/mol. The number of nitrogens with zero attached hydrogens (tertiary/aromatic N) is 1. The van der Waals surface area contributed by atoms with Gasteiger partial charge in [-0.1, -0.05) is 35.9 Å². The lowest BCUT2D eigenvalue weighted by Crippen LogP contribution is -2.20. The van der Waals surface area contributed by atoms with E-state index in [0.29, 0.717) is 22.7 Å². The number of nitrogens with one attached hydrogen (secondary N) is 2. The molecule has 3 aromatic rings. The first-order valence-corrected chi connectivity index (χ1v) is 9.16. The van der Waals surface area contributed by atoms with Gasteiger partial charge >= 0.3 is 0 Å². The maximum atomic E-state index is 12.3. The van der Waals surface area contributed by atoms with E-state index in [0.717, 1.165) is 5.69 Å². The van der Waals surface area contributed by atoms with Crippen molar-refractivity contribution in [3.8, 4) is 0 Å². The van der Waals surface area contributed by atoms with Crippen LogP contribution in [-0.2, 0) is 9.59 Å². The Morgan fingerprint density at radius 3 is 2.59 bits per heavy atom. The van der Waals surface area contributed by atoms with Crippen molar-refractivity contribution >= 4 is 52.4 Å². The maximum Gasteiger partial charge on any atom is 0.241 e. The van der Waals surface area contributed by atoms with Crippen LogP contribution in [0.3, 0.4) is 0 Å². The van der Waals surface area contributed by atoms with Crippen LogP contribution in [0.15, 0.2) is 60.0 Å². The van der Waals surface area contributed by atoms with Gasteiger partial charge in [-0.25, -0.2) is 4.98 Å². The summed E-state index contributed by atoms with van der Waals surface area (Å²) < 4.78 is 0. The molecule has 27 heavy (non-hydrogen) atoms. The number of thiophene rings is 1. The Morgan fingerprint density at radius 1 is 1.15 bits per heavy atom. The molecule has 1 aliphatic rings. The summed E-state index contributed by atoms with van der Waals surface area (Å²) in [4.78, 5) is 38.6. The predicted octanol–water partition coefficient (Wildman–Crippen LogP) is 3.97. The van der Waals surface area contributed by atoms with Crippen LogP contribution in [0.25, 0.3) is 0 Å². The number of amides is 2. The zero-order chi connectivity index (χ0) is 19.2. The summed E-state index contributed by atoms with van der Waals surface area (Å²) in [6, 6.07) is 16.0. The van der Waals surface area contributed by atoms with Gasteiger partial charge in [-0.2, -0.15) is 0 Å². The Labute approximate surface area is 164 Å². The highest BCUT2D eigenvalue weighted by Crippen LogP contribution is 2.34. The summed E-state index contributed by atoms with van der Waals surface area (Å²) in [6.07, 6.45) is 0.662. The lowest BCUT2D eigenvalue weighted by atomic mass is 10.00. The van der Waals surface area contributed by atoms with Gasteiger partial charge in [0.15, 0.2) is 5.78 Å². The number of anilines is 2.